The molecule has 3 nitrogen and oxygen atoms in total. The SMILES string of the molecule is O=C(CC1CC1)N1CCCC2NCCC21. The molecule has 2 unspecified atom stereocenters. The number of amides is 1. The Kier molecular flexibility index (Phi) is 2.43. The van der Waals surface area contributed by atoms with E-state index in [2.05, 4.69) is 10.2 Å². The molecule has 1 amide bonds. The number of hydrogen-bond donors (Lipinski definition) is 1. The van der Waals surface area contributed by atoms with E-state index in [0.29, 0.717) is 18.0 Å². The van der Waals surface area contributed by atoms with Gasteiger partial charge >= 0.3 is 0 Å². The summed E-state index contributed by atoms with van der Waals surface area (Å²) in [6.07, 6.45) is 7.00. The summed E-state index contributed by atoms with van der Waals surface area (Å²) in [5.41, 5.74) is 0. The number of nitrogens with zero attached hydrogens (tertiary/aromatic N) is 1. The zero-order valence-electron chi connectivity index (χ0n) is 9.24. The summed E-state index contributed by atoms with van der Waals surface area (Å²) in [4.78, 5) is 14.3. The lowest BCUT2D eigenvalue weighted by molar-refractivity contribution is -0.135. The molecule has 84 valence electrons. The maximum Gasteiger partial charge on any atom is 0.223 e. The van der Waals surface area contributed by atoms with Crippen molar-refractivity contribution in [2.24, 2.45) is 5.92 Å². The highest BCUT2D eigenvalue weighted by Crippen LogP contribution is 2.34. The van der Waals surface area contributed by atoms with Crippen LogP contribution >= 0.6 is 0 Å². The minimum Gasteiger partial charge on any atom is -0.338 e. The van der Waals surface area contributed by atoms with Gasteiger partial charge in [0.05, 0.1) is 0 Å². The molecule has 3 fully saturated rings. The van der Waals surface area contributed by atoms with E-state index in [1.54, 1.807) is 0 Å². The van der Waals surface area contributed by atoms with Gasteiger partial charge in [-0.1, -0.05) is 0 Å². The van der Waals surface area contributed by atoms with Crippen molar-refractivity contribution in [3.05, 3.63) is 0 Å². The smallest absolute Gasteiger partial charge is 0.223 e. The molecule has 15 heavy (non-hydrogen) atoms. The quantitative estimate of drug-likeness (QED) is 0.738. The maximum atomic E-state index is 12.1. The second-order valence-electron chi connectivity index (χ2n) is 5.29. The number of likely N-dealkylation sites (tertiary alicyclic amines) is 1. The van der Waals surface area contributed by atoms with E-state index in [1.165, 1.54) is 32.1 Å². The average molecular weight is 208 g/mol. The minimum absolute atomic E-state index is 0.427. The standard InChI is InChI=1S/C12H20N2O/c15-12(8-9-3-4-9)14-7-1-2-10-11(14)5-6-13-10/h9-11,13H,1-8H2. The second-order valence-corrected chi connectivity index (χ2v) is 5.29. The number of fused-ring (bicyclic) bond motifs is 1. The predicted octanol–water partition coefficient (Wildman–Crippen LogP) is 1.14. The Labute approximate surface area is 91.2 Å². The van der Waals surface area contributed by atoms with Gasteiger partial charge in [-0.3, -0.25) is 4.79 Å². The van der Waals surface area contributed by atoms with Crippen LogP contribution in [0.3, 0.4) is 0 Å². The summed E-state index contributed by atoms with van der Waals surface area (Å²) in [7, 11) is 0. The Morgan fingerprint density at radius 2 is 2.13 bits per heavy atom. The lowest BCUT2D eigenvalue weighted by Crippen LogP contribution is -2.51. The van der Waals surface area contributed by atoms with Crippen LogP contribution in [0, 0.1) is 5.92 Å². The molecule has 1 saturated carbocycles. The van der Waals surface area contributed by atoms with Gasteiger partial charge in [-0.15, -0.1) is 0 Å². The Hall–Kier alpha value is -0.570. The van der Waals surface area contributed by atoms with Crippen LogP contribution in [0.4, 0.5) is 0 Å². The topological polar surface area (TPSA) is 32.3 Å². The number of carbonyl (C=O) groups excluding carboxylic acids is 1. The molecular weight excluding hydrogens is 188 g/mol. The molecule has 0 aromatic rings. The first-order valence-corrected chi connectivity index (χ1v) is 6.37. The van der Waals surface area contributed by atoms with Crippen LogP contribution in [0.25, 0.3) is 0 Å². The molecule has 2 heterocycles. The minimum atomic E-state index is 0.427. The van der Waals surface area contributed by atoms with E-state index in [-0.39, 0.29) is 0 Å². The van der Waals surface area contributed by atoms with E-state index in [9.17, 15) is 4.79 Å². The van der Waals surface area contributed by atoms with Crippen LogP contribution in [0.5, 0.6) is 0 Å². The average Bonchev–Trinajstić information content (AvgIpc) is 2.93. The summed E-state index contributed by atoms with van der Waals surface area (Å²) >= 11 is 0. The lowest BCUT2D eigenvalue weighted by Gasteiger charge is -2.37. The molecule has 2 saturated heterocycles. The first-order chi connectivity index (χ1) is 7.34. The number of rotatable bonds is 2. The Morgan fingerprint density at radius 1 is 1.27 bits per heavy atom. The van der Waals surface area contributed by atoms with E-state index >= 15 is 0 Å². The fraction of sp³-hybridized carbons (Fsp3) is 0.917. The van der Waals surface area contributed by atoms with Gasteiger partial charge in [0.1, 0.15) is 0 Å². The van der Waals surface area contributed by atoms with Crippen LogP contribution < -0.4 is 5.32 Å². The third kappa shape index (κ3) is 1.89. The summed E-state index contributed by atoms with van der Waals surface area (Å²) in [5, 5.41) is 3.52. The van der Waals surface area contributed by atoms with Crippen molar-refractivity contribution in [3.63, 3.8) is 0 Å². The van der Waals surface area contributed by atoms with E-state index in [0.717, 1.165) is 25.4 Å². The third-order valence-corrected chi connectivity index (χ3v) is 4.11. The van der Waals surface area contributed by atoms with Crippen molar-refractivity contribution in [1.82, 2.24) is 10.2 Å². The van der Waals surface area contributed by atoms with Crippen LogP contribution in [0.1, 0.15) is 38.5 Å². The van der Waals surface area contributed by atoms with Gasteiger partial charge in [-0.25, -0.2) is 0 Å². The van der Waals surface area contributed by atoms with Crippen molar-refractivity contribution in [1.29, 1.82) is 0 Å². The molecule has 3 rings (SSSR count). The number of nitrogens with one attached hydrogen (secondary N) is 1. The molecule has 3 heteroatoms. The fourth-order valence-electron chi connectivity index (χ4n) is 3.06. The number of piperidine rings is 1. The van der Waals surface area contributed by atoms with E-state index < -0.39 is 0 Å². The summed E-state index contributed by atoms with van der Waals surface area (Å²) in [6, 6.07) is 1.12. The van der Waals surface area contributed by atoms with Gasteiger partial charge in [0.2, 0.25) is 5.91 Å². The fourth-order valence-corrected chi connectivity index (χ4v) is 3.06. The molecule has 2 aliphatic heterocycles. The molecule has 3 aliphatic rings. The highest BCUT2D eigenvalue weighted by Gasteiger charge is 2.38. The van der Waals surface area contributed by atoms with Crippen molar-refractivity contribution >= 4 is 5.91 Å². The molecule has 0 bridgehead atoms. The van der Waals surface area contributed by atoms with Crippen LogP contribution in [-0.2, 0) is 4.79 Å². The Bertz CT molecular complexity index is 262. The summed E-state index contributed by atoms with van der Waals surface area (Å²) in [6.45, 7) is 2.11. The van der Waals surface area contributed by atoms with Crippen molar-refractivity contribution in [2.45, 2.75) is 50.6 Å². The van der Waals surface area contributed by atoms with Crippen LogP contribution in [-0.4, -0.2) is 36.0 Å². The van der Waals surface area contributed by atoms with Gasteiger partial charge in [0.15, 0.2) is 0 Å². The molecule has 1 N–H and O–H groups in total. The van der Waals surface area contributed by atoms with Gasteiger partial charge in [-0.05, 0) is 44.6 Å². The predicted molar refractivity (Wildman–Crippen MR) is 58.5 cm³/mol. The van der Waals surface area contributed by atoms with E-state index in [1.807, 2.05) is 0 Å². The summed E-state index contributed by atoms with van der Waals surface area (Å²) < 4.78 is 0. The first kappa shape index (κ1) is 9.64. The van der Waals surface area contributed by atoms with Gasteiger partial charge in [-0.2, -0.15) is 0 Å². The number of carbonyl (C=O) groups is 1. The largest absolute Gasteiger partial charge is 0.338 e. The highest BCUT2D eigenvalue weighted by molar-refractivity contribution is 5.77. The van der Waals surface area contributed by atoms with Crippen molar-refractivity contribution in [2.75, 3.05) is 13.1 Å². The zero-order chi connectivity index (χ0) is 10.3. The normalized spacial score (nSPS) is 35.3. The Balaban J connectivity index is 1.64. The molecule has 0 radical (unpaired) electrons. The molecule has 0 aromatic carbocycles. The zero-order valence-corrected chi connectivity index (χ0v) is 9.24. The third-order valence-electron chi connectivity index (χ3n) is 4.11. The summed E-state index contributed by atoms with van der Waals surface area (Å²) in [5.74, 6) is 1.16. The van der Waals surface area contributed by atoms with Gasteiger partial charge < -0.3 is 10.2 Å². The Morgan fingerprint density at radius 3 is 2.93 bits per heavy atom. The monoisotopic (exact) mass is 208 g/mol. The van der Waals surface area contributed by atoms with E-state index in [4.69, 9.17) is 0 Å². The van der Waals surface area contributed by atoms with Crippen LogP contribution in [0.2, 0.25) is 0 Å². The molecule has 1 aliphatic carbocycles. The highest BCUT2D eigenvalue weighted by atomic mass is 16.2. The molecule has 0 aromatic heterocycles. The number of hydrogen-bond acceptors (Lipinski definition) is 2. The molecule has 2 atom stereocenters. The second kappa shape index (κ2) is 3.78. The first-order valence-electron chi connectivity index (χ1n) is 6.37. The lowest BCUT2D eigenvalue weighted by atomic mass is 9.97. The molecular formula is C12H20N2O. The van der Waals surface area contributed by atoms with Gasteiger partial charge in [0.25, 0.3) is 0 Å². The maximum absolute atomic E-state index is 12.1. The van der Waals surface area contributed by atoms with Crippen molar-refractivity contribution in [3.8, 4) is 0 Å². The molecule has 0 spiro atoms. The van der Waals surface area contributed by atoms with Crippen molar-refractivity contribution < 1.29 is 4.79 Å². The van der Waals surface area contributed by atoms with Gasteiger partial charge in [0, 0.05) is 25.0 Å². The van der Waals surface area contributed by atoms with Crippen LogP contribution in [0.15, 0.2) is 0 Å².